The molecule has 1 saturated heterocycles. The van der Waals surface area contributed by atoms with E-state index in [1.165, 1.54) is 19.3 Å². The molecule has 4 nitrogen and oxygen atoms in total. The molecule has 1 heterocycles. The summed E-state index contributed by atoms with van der Waals surface area (Å²) in [5.74, 6) is 0.785. The number of carbonyl (C=O) groups excluding carboxylic acids is 1. The second kappa shape index (κ2) is 7.93. The summed E-state index contributed by atoms with van der Waals surface area (Å²) in [6.07, 6.45) is 3.84. The monoisotopic (exact) mass is 317 g/mol. The summed E-state index contributed by atoms with van der Waals surface area (Å²) in [5.41, 5.74) is 7.32. The van der Waals surface area contributed by atoms with E-state index < -0.39 is 0 Å². The van der Waals surface area contributed by atoms with Crippen molar-refractivity contribution in [3.8, 4) is 0 Å². The van der Waals surface area contributed by atoms with E-state index in [0.717, 1.165) is 24.6 Å². The van der Waals surface area contributed by atoms with Crippen molar-refractivity contribution in [3.63, 3.8) is 0 Å². The minimum atomic E-state index is -0.0132. The third kappa shape index (κ3) is 4.79. The van der Waals surface area contributed by atoms with Crippen molar-refractivity contribution in [2.75, 3.05) is 19.6 Å². The van der Waals surface area contributed by atoms with Gasteiger partial charge in [0.05, 0.1) is 0 Å². The van der Waals surface area contributed by atoms with Gasteiger partial charge in [-0.1, -0.05) is 25.5 Å². The van der Waals surface area contributed by atoms with Gasteiger partial charge in [-0.15, -0.1) is 0 Å². The topological polar surface area (TPSA) is 58.4 Å². The van der Waals surface area contributed by atoms with Crippen LogP contribution in [0, 0.1) is 5.92 Å². The van der Waals surface area contributed by atoms with Crippen LogP contribution in [-0.4, -0.2) is 36.0 Å². The lowest BCUT2D eigenvalue weighted by molar-refractivity contribution is 0.0612. The van der Waals surface area contributed by atoms with E-state index in [1.807, 2.05) is 24.3 Å². The number of nitrogens with one attached hydrogen (secondary N) is 1. The van der Waals surface area contributed by atoms with E-state index in [-0.39, 0.29) is 11.4 Å². The highest BCUT2D eigenvalue weighted by atomic mass is 16.1. The van der Waals surface area contributed by atoms with Crippen LogP contribution in [0.4, 0.5) is 0 Å². The lowest BCUT2D eigenvalue weighted by Gasteiger charge is -2.43. The van der Waals surface area contributed by atoms with Gasteiger partial charge in [0, 0.05) is 30.7 Å². The molecule has 2 rings (SSSR count). The number of nitrogens with two attached hydrogens (primary N) is 1. The van der Waals surface area contributed by atoms with Crippen molar-refractivity contribution in [1.29, 1.82) is 0 Å². The standard InChI is InChI=1S/C19H31N3O/c1-4-15-6-5-11-22(13-15)19(2,3)14-21-18(23)17-9-7-16(12-20)8-10-17/h7-10,15H,4-6,11-14,20H2,1-3H3,(H,21,23). The number of rotatable bonds is 6. The summed E-state index contributed by atoms with van der Waals surface area (Å²) in [6.45, 7) is 10.2. The zero-order valence-corrected chi connectivity index (χ0v) is 14.8. The van der Waals surface area contributed by atoms with E-state index >= 15 is 0 Å². The fraction of sp³-hybridized carbons (Fsp3) is 0.632. The van der Waals surface area contributed by atoms with Crippen molar-refractivity contribution < 1.29 is 4.79 Å². The molecule has 128 valence electrons. The fourth-order valence-corrected chi connectivity index (χ4v) is 3.25. The molecule has 1 aromatic carbocycles. The summed E-state index contributed by atoms with van der Waals surface area (Å²) >= 11 is 0. The number of piperidine rings is 1. The van der Waals surface area contributed by atoms with Crippen LogP contribution in [0.25, 0.3) is 0 Å². The van der Waals surface area contributed by atoms with E-state index in [1.54, 1.807) is 0 Å². The summed E-state index contributed by atoms with van der Waals surface area (Å²) in [6, 6.07) is 7.52. The van der Waals surface area contributed by atoms with Gasteiger partial charge in [-0.2, -0.15) is 0 Å². The van der Waals surface area contributed by atoms with Crippen LogP contribution in [0.5, 0.6) is 0 Å². The molecule has 0 aliphatic carbocycles. The van der Waals surface area contributed by atoms with Crippen LogP contribution >= 0.6 is 0 Å². The first-order valence-electron chi connectivity index (χ1n) is 8.78. The number of hydrogen-bond acceptors (Lipinski definition) is 3. The molecule has 0 saturated carbocycles. The molecular weight excluding hydrogens is 286 g/mol. The number of amides is 1. The molecule has 1 atom stereocenters. The average Bonchev–Trinajstić information content (AvgIpc) is 2.60. The smallest absolute Gasteiger partial charge is 0.251 e. The number of hydrogen-bond donors (Lipinski definition) is 2. The molecule has 23 heavy (non-hydrogen) atoms. The first-order chi connectivity index (χ1) is 11.0. The van der Waals surface area contributed by atoms with Crippen LogP contribution in [0.1, 0.15) is 56.0 Å². The lowest BCUT2D eigenvalue weighted by atomic mass is 9.91. The van der Waals surface area contributed by atoms with Gasteiger partial charge in [-0.3, -0.25) is 9.69 Å². The molecule has 0 bridgehead atoms. The average molecular weight is 317 g/mol. The Morgan fingerprint density at radius 3 is 2.65 bits per heavy atom. The molecule has 1 aliphatic heterocycles. The molecule has 1 amide bonds. The van der Waals surface area contributed by atoms with Crippen molar-refractivity contribution in [2.45, 2.75) is 52.1 Å². The second-order valence-corrected chi connectivity index (χ2v) is 7.26. The van der Waals surface area contributed by atoms with Crippen LogP contribution in [0.3, 0.4) is 0 Å². The highest BCUT2D eigenvalue weighted by Crippen LogP contribution is 2.25. The minimum Gasteiger partial charge on any atom is -0.350 e. The van der Waals surface area contributed by atoms with Gasteiger partial charge in [0.1, 0.15) is 0 Å². The van der Waals surface area contributed by atoms with Crippen LogP contribution in [0.15, 0.2) is 24.3 Å². The quantitative estimate of drug-likeness (QED) is 0.848. The molecule has 1 aliphatic rings. The Hall–Kier alpha value is -1.39. The first-order valence-corrected chi connectivity index (χ1v) is 8.78. The van der Waals surface area contributed by atoms with Crippen molar-refractivity contribution in [3.05, 3.63) is 35.4 Å². The van der Waals surface area contributed by atoms with Gasteiger partial charge >= 0.3 is 0 Å². The highest BCUT2D eigenvalue weighted by molar-refractivity contribution is 5.94. The van der Waals surface area contributed by atoms with Crippen molar-refractivity contribution in [2.24, 2.45) is 11.7 Å². The summed E-state index contributed by atoms with van der Waals surface area (Å²) < 4.78 is 0. The van der Waals surface area contributed by atoms with E-state index in [9.17, 15) is 4.79 Å². The van der Waals surface area contributed by atoms with Crippen LogP contribution in [0.2, 0.25) is 0 Å². The molecule has 3 N–H and O–H groups in total. The third-order valence-corrected chi connectivity index (χ3v) is 5.09. The van der Waals surface area contributed by atoms with E-state index in [2.05, 4.69) is 31.0 Å². The lowest BCUT2D eigenvalue weighted by Crippen LogP contribution is -2.54. The molecular formula is C19H31N3O. The maximum Gasteiger partial charge on any atom is 0.251 e. The fourth-order valence-electron chi connectivity index (χ4n) is 3.25. The third-order valence-electron chi connectivity index (χ3n) is 5.09. The molecule has 0 radical (unpaired) electrons. The van der Waals surface area contributed by atoms with Gasteiger partial charge in [0.2, 0.25) is 0 Å². The second-order valence-electron chi connectivity index (χ2n) is 7.26. The Bertz CT molecular complexity index is 510. The van der Waals surface area contributed by atoms with E-state index in [4.69, 9.17) is 5.73 Å². The summed E-state index contributed by atoms with van der Waals surface area (Å²) in [5, 5.41) is 3.09. The number of carbonyl (C=O) groups is 1. The Morgan fingerprint density at radius 1 is 1.35 bits per heavy atom. The SMILES string of the molecule is CCC1CCCN(C(C)(C)CNC(=O)c2ccc(CN)cc2)C1. The van der Waals surface area contributed by atoms with Gasteiger partial charge in [-0.05, 0) is 56.8 Å². The Balaban J connectivity index is 1.90. The zero-order valence-electron chi connectivity index (χ0n) is 14.8. The minimum absolute atomic E-state index is 0.00861. The Kier molecular flexibility index (Phi) is 6.19. The number of nitrogens with zero attached hydrogens (tertiary/aromatic N) is 1. The largest absolute Gasteiger partial charge is 0.350 e. The maximum atomic E-state index is 12.3. The van der Waals surface area contributed by atoms with Gasteiger partial charge in [0.15, 0.2) is 0 Å². The van der Waals surface area contributed by atoms with Crippen molar-refractivity contribution >= 4 is 5.91 Å². The number of likely N-dealkylation sites (tertiary alicyclic amines) is 1. The summed E-state index contributed by atoms with van der Waals surface area (Å²) in [7, 11) is 0. The van der Waals surface area contributed by atoms with Gasteiger partial charge < -0.3 is 11.1 Å². The highest BCUT2D eigenvalue weighted by Gasteiger charge is 2.31. The van der Waals surface area contributed by atoms with Crippen LogP contribution in [-0.2, 0) is 6.54 Å². The molecule has 0 spiro atoms. The summed E-state index contributed by atoms with van der Waals surface area (Å²) in [4.78, 5) is 14.9. The maximum absolute atomic E-state index is 12.3. The molecule has 1 aromatic rings. The Morgan fingerprint density at radius 2 is 2.04 bits per heavy atom. The normalized spacial score (nSPS) is 19.6. The van der Waals surface area contributed by atoms with Crippen molar-refractivity contribution in [1.82, 2.24) is 10.2 Å². The predicted molar refractivity (Wildman–Crippen MR) is 95.3 cm³/mol. The predicted octanol–water partition coefficient (Wildman–Crippen LogP) is 2.78. The Labute approximate surface area is 140 Å². The van der Waals surface area contributed by atoms with E-state index in [0.29, 0.717) is 18.7 Å². The number of benzene rings is 1. The molecule has 0 aromatic heterocycles. The van der Waals surface area contributed by atoms with Gasteiger partial charge in [-0.25, -0.2) is 0 Å². The van der Waals surface area contributed by atoms with Gasteiger partial charge in [0.25, 0.3) is 5.91 Å². The molecule has 1 unspecified atom stereocenters. The zero-order chi connectivity index (χ0) is 16.9. The molecule has 4 heteroatoms. The molecule has 1 fully saturated rings. The first kappa shape index (κ1) is 18.0. The van der Waals surface area contributed by atoms with Crippen LogP contribution < -0.4 is 11.1 Å².